The normalized spacial score (nSPS) is 13.3. The number of hydrogen-bond acceptors (Lipinski definition) is 4. The lowest BCUT2D eigenvalue weighted by Crippen LogP contribution is -2.28. The van der Waals surface area contributed by atoms with Gasteiger partial charge in [0.25, 0.3) is 0 Å². The van der Waals surface area contributed by atoms with E-state index in [4.69, 9.17) is 11.6 Å². The van der Waals surface area contributed by atoms with Crippen molar-refractivity contribution < 1.29 is 13.5 Å². The van der Waals surface area contributed by atoms with Gasteiger partial charge in [0.05, 0.1) is 11.1 Å². The summed E-state index contributed by atoms with van der Waals surface area (Å²) in [5.74, 6) is 0. The van der Waals surface area contributed by atoms with Crippen LogP contribution in [0.15, 0.2) is 58.8 Å². The summed E-state index contributed by atoms with van der Waals surface area (Å²) in [6.45, 7) is -0.117. The molecule has 4 nitrogen and oxygen atoms in total. The van der Waals surface area contributed by atoms with Gasteiger partial charge in [-0.15, -0.1) is 11.3 Å². The minimum Gasteiger partial charge on any atom is -0.387 e. The van der Waals surface area contributed by atoms with E-state index >= 15 is 0 Å². The van der Waals surface area contributed by atoms with E-state index in [-0.39, 0.29) is 16.5 Å². The predicted octanol–water partition coefficient (Wildman–Crippen LogP) is 3.57. The smallest absolute Gasteiger partial charge is 0.242 e. The van der Waals surface area contributed by atoms with Gasteiger partial charge in [-0.3, -0.25) is 0 Å². The summed E-state index contributed by atoms with van der Waals surface area (Å²) in [4.78, 5) is 0.00374. The molecule has 2 N–H and O–H groups in total. The minimum atomic E-state index is -3.77. The fourth-order valence-corrected chi connectivity index (χ4v) is 4.86. The predicted molar refractivity (Wildman–Crippen MR) is 93.4 cm³/mol. The van der Waals surface area contributed by atoms with Crippen molar-refractivity contribution in [3.8, 4) is 0 Å². The zero-order chi connectivity index (χ0) is 16.4. The molecule has 120 valence electrons. The average Bonchev–Trinajstić information content (AvgIpc) is 2.97. The summed E-state index contributed by atoms with van der Waals surface area (Å²) < 4.78 is 28.0. The summed E-state index contributed by atoms with van der Waals surface area (Å²) in [6, 6.07) is 13.9. The van der Waals surface area contributed by atoms with Crippen molar-refractivity contribution in [2.75, 3.05) is 6.54 Å². The number of halogens is 1. The van der Waals surface area contributed by atoms with Crippen LogP contribution < -0.4 is 4.72 Å². The Morgan fingerprint density at radius 1 is 1.13 bits per heavy atom. The van der Waals surface area contributed by atoms with Gasteiger partial charge in [-0.1, -0.05) is 41.9 Å². The van der Waals surface area contributed by atoms with Gasteiger partial charge in [-0.2, -0.15) is 0 Å². The Hall–Kier alpha value is -1.44. The maximum absolute atomic E-state index is 12.3. The van der Waals surface area contributed by atoms with Crippen molar-refractivity contribution in [3.05, 3.63) is 64.5 Å². The van der Waals surface area contributed by atoms with E-state index in [1.54, 1.807) is 12.1 Å². The Morgan fingerprint density at radius 3 is 2.61 bits per heavy atom. The van der Waals surface area contributed by atoms with Crippen molar-refractivity contribution >= 4 is 43.0 Å². The Balaban J connectivity index is 1.79. The van der Waals surface area contributed by atoms with Crippen LogP contribution in [0.5, 0.6) is 0 Å². The Morgan fingerprint density at radius 2 is 1.83 bits per heavy atom. The molecule has 3 rings (SSSR count). The van der Waals surface area contributed by atoms with Gasteiger partial charge in [0.1, 0.15) is 4.90 Å². The van der Waals surface area contributed by atoms with E-state index in [0.29, 0.717) is 5.56 Å². The molecule has 0 aliphatic rings. The molecule has 0 bridgehead atoms. The fraction of sp³-hybridized carbons (Fsp3) is 0.125. The second-order valence-corrected chi connectivity index (χ2v) is 8.04. The Kier molecular flexibility index (Phi) is 4.70. The lowest BCUT2D eigenvalue weighted by molar-refractivity contribution is 0.184. The largest absolute Gasteiger partial charge is 0.387 e. The Bertz CT molecular complexity index is 937. The van der Waals surface area contributed by atoms with Crippen LogP contribution in [-0.4, -0.2) is 20.1 Å². The molecule has 7 heteroatoms. The van der Waals surface area contributed by atoms with Gasteiger partial charge in [0, 0.05) is 16.8 Å². The van der Waals surface area contributed by atoms with Gasteiger partial charge in [0.2, 0.25) is 10.0 Å². The lowest BCUT2D eigenvalue weighted by Gasteiger charge is -2.12. The van der Waals surface area contributed by atoms with Crippen LogP contribution >= 0.6 is 22.9 Å². The minimum absolute atomic E-state index is 0.00374. The van der Waals surface area contributed by atoms with E-state index in [1.165, 1.54) is 23.5 Å². The SMILES string of the molecule is O=S(=O)(NC[C@@H](O)c1csc2ccccc12)c1ccccc1Cl. The van der Waals surface area contributed by atoms with Crippen molar-refractivity contribution in [3.63, 3.8) is 0 Å². The zero-order valence-electron chi connectivity index (χ0n) is 11.9. The molecule has 0 unspecified atom stereocenters. The average molecular weight is 368 g/mol. The fourth-order valence-electron chi connectivity index (χ4n) is 2.30. The van der Waals surface area contributed by atoms with Gasteiger partial charge in [-0.25, -0.2) is 13.1 Å². The summed E-state index contributed by atoms with van der Waals surface area (Å²) >= 11 is 7.44. The molecule has 0 radical (unpaired) electrons. The summed E-state index contributed by atoms with van der Waals surface area (Å²) in [5.41, 5.74) is 0.715. The first-order valence-electron chi connectivity index (χ1n) is 6.87. The topological polar surface area (TPSA) is 66.4 Å². The molecule has 0 aliphatic carbocycles. The second kappa shape index (κ2) is 6.59. The second-order valence-electron chi connectivity index (χ2n) is 4.99. The molecular weight excluding hydrogens is 354 g/mol. The number of thiophene rings is 1. The number of rotatable bonds is 5. The molecule has 0 amide bonds. The molecule has 1 atom stereocenters. The van der Waals surface area contributed by atoms with E-state index in [1.807, 2.05) is 29.6 Å². The third kappa shape index (κ3) is 3.41. The number of aliphatic hydroxyl groups excluding tert-OH is 1. The van der Waals surface area contributed by atoms with Gasteiger partial charge in [-0.05, 0) is 29.0 Å². The first kappa shape index (κ1) is 16.4. The van der Waals surface area contributed by atoms with E-state index in [0.717, 1.165) is 10.1 Å². The van der Waals surface area contributed by atoms with E-state index in [9.17, 15) is 13.5 Å². The third-order valence-electron chi connectivity index (χ3n) is 3.46. The number of sulfonamides is 1. The van der Waals surface area contributed by atoms with Crippen LogP contribution in [0, 0.1) is 0 Å². The van der Waals surface area contributed by atoms with Crippen molar-refractivity contribution in [1.29, 1.82) is 0 Å². The maximum atomic E-state index is 12.3. The zero-order valence-corrected chi connectivity index (χ0v) is 14.3. The van der Waals surface area contributed by atoms with Crippen LogP contribution in [0.25, 0.3) is 10.1 Å². The summed E-state index contributed by atoms with van der Waals surface area (Å²) in [5, 5.41) is 13.3. The van der Waals surface area contributed by atoms with Crippen LogP contribution in [0.3, 0.4) is 0 Å². The number of nitrogens with one attached hydrogen (secondary N) is 1. The quantitative estimate of drug-likeness (QED) is 0.724. The highest BCUT2D eigenvalue weighted by Gasteiger charge is 2.20. The summed E-state index contributed by atoms with van der Waals surface area (Å²) in [6.07, 6.45) is -0.927. The molecule has 1 heterocycles. The number of benzene rings is 2. The van der Waals surface area contributed by atoms with Gasteiger partial charge < -0.3 is 5.11 Å². The van der Waals surface area contributed by atoms with Gasteiger partial charge in [0.15, 0.2) is 0 Å². The first-order valence-corrected chi connectivity index (χ1v) is 9.61. The van der Waals surface area contributed by atoms with Crippen molar-refractivity contribution in [2.45, 2.75) is 11.0 Å². The standard InChI is InChI=1S/C16H14ClNO3S2/c17-13-6-2-4-8-16(13)23(20,21)18-9-14(19)12-10-22-15-7-3-1-5-11(12)15/h1-8,10,14,18-19H,9H2/t14-/m1/s1. The number of fused-ring (bicyclic) bond motifs is 1. The molecular formula is C16H14ClNO3S2. The molecule has 2 aromatic carbocycles. The molecule has 0 saturated carbocycles. The van der Waals surface area contributed by atoms with Crippen molar-refractivity contribution in [1.82, 2.24) is 4.72 Å². The van der Waals surface area contributed by atoms with Gasteiger partial charge >= 0.3 is 0 Å². The first-order chi connectivity index (χ1) is 11.0. The molecule has 0 spiro atoms. The van der Waals surface area contributed by atoms with E-state index in [2.05, 4.69) is 4.72 Å². The Labute approximate surface area is 143 Å². The summed E-state index contributed by atoms with van der Waals surface area (Å²) in [7, 11) is -3.77. The van der Waals surface area contributed by atoms with Crippen LogP contribution in [0.1, 0.15) is 11.7 Å². The van der Waals surface area contributed by atoms with Crippen LogP contribution in [0.4, 0.5) is 0 Å². The lowest BCUT2D eigenvalue weighted by atomic mass is 10.1. The van der Waals surface area contributed by atoms with Crippen molar-refractivity contribution in [2.24, 2.45) is 0 Å². The molecule has 0 aliphatic heterocycles. The molecule has 0 fully saturated rings. The molecule has 3 aromatic rings. The maximum Gasteiger partial charge on any atom is 0.242 e. The highest BCUT2D eigenvalue weighted by Crippen LogP contribution is 2.30. The number of aliphatic hydroxyl groups is 1. The highest BCUT2D eigenvalue weighted by molar-refractivity contribution is 7.89. The molecule has 23 heavy (non-hydrogen) atoms. The highest BCUT2D eigenvalue weighted by atomic mass is 35.5. The third-order valence-corrected chi connectivity index (χ3v) is 6.37. The molecule has 0 saturated heterocycles. The molecule has 1 aromatic heterocycles. The van der Waals surface area contributed by atoms with E-state index < -0.39 is 16.1 Å². The number of hydrogen-bond donors (Lipinski definition) is 2. The van der Waals surface area contributed by atoms with Crippen LogP contribution in [-0.2, 0) is 10.0 Å². The monoisotopic (exact) mass is 367 g/mol. The van der Waals surface area contributed by atoms with Crippen LogP contribution in [0.2, 0.25) is 5.02 Å².